The molecule has 1 fully saturated rings. The van der Waals surface area contributed by atoms with E-state index in [1.807, 2.05) is 12.1 Å². The normalized spacial score (nSPS) is 16.0. The quantitative estimate of drug-likeness (QED) is 0.148. The molecule has 7 heteroatoms. The number of rotatable bonds is 20. The van der Waals surface area contributed by atoms with Gasteiger partial charge in [-0.1, -0.05) is 89.3 Å². The summed E-state index contributed by atoms with van der Waals surface area (Å²) in [5, 5.41) is 21.4. The molecule has 44 heavy (non-hydrogen) atoms. The van der Waals surface area contributed by atoms with E-state index >= 15 is 0 Å². The fourth-order valence-corrected chi connectivity index (χ4v) is 6.65. The maximum atomic E-state index is 13.3. The van der Waals surface area contributed by atoms with Crippen molar-refractivity contribution in [1.29, 1.82) is 5.26 Å². The standard InChI is InChI=1S/C37H55FN2O3.ClH/c1-4-5-6-7-8-9-10-12-23-37(29-39,32-17-20-34(42-2)35(28-32)43-3)24-13-11-14-25-40-26-21-31(22-27-40)36(41)30-15-18-33(38)19-16-30;/h15-20,28,31,36,41H,4-14,21-27H2,1-3H3;1H. The molecular weight excluding hydrogens is 575 g/mol. The van der Waals surface area contributed by atoms with Gasteiger partial charge in [-0.15, -0.1) is 12.4 Å². The molecule has 0 spiro atoms. The van der Waals surface area contributed by atoms with Crippen LogP contribution >= 0.6 is 12.4 Å². The van der Waals surface area contributed by atoms with Crippen LogP contribution in [0.5, 0.6) is 11.5 Å². The predicted octanol–water partition coefficient (Wildman–Crippen LogP) is 9.56. The first kappa shape index (κ1) is 37.9. The van der Waals surface area contributed by atoms with Gasteiger partial charge in [0.05, 0.1) is 31.8 Å². The molecule has 0 bridgehead atoms. The van der Waals surface area contributed by atoms with Crippen molar-refractivity contribution < 1.29 is 19.0 Å². The highest BCUT2D eigenvalue weighted by molar-refractivity contribution is 5.85. The van der Waals surface area contributed by atoms with Crippen LogP contribution < -0.4 is 9.47 Å². The summed E-state index contributed by atoms with van der Waals surface area (Å²) in [4.78, 5) is 2.50. The molecule has 1 aliphatic rings. The number of nitrogens with zero attached hydrogens (tertiary/aromatic N) is 2. The summed E-state index contributed by atoms with van der Waals surface area (Å²) in [6.45, 7) is 5.26. The zero-order valence-corrected chi connectivity index (χ0v) is 28.2. The maximum absolute atomic E-state index is 13.3. The van der Waals surface area contributed by atoms with Crippen LogP contribution in [0.1, 0.15) is 120 Å². The van der Waals surface area contributed by atoms with Crippen molar-refractivity contribution in [3.05, 3.63) is 59.4 Å². The Hall–Kier alpha value is -2.33. The number of halogens is 2. The van der Waals surface area contributed by atoms with Gasteiger partial charge in [-0.25, -0.2) is 4.39 Å². The Kier molecular flexibility index (Phi) is 17.8. The van der Waals surface area contributed by atoms with Crippen molar-refractivity contribution in [3.8, 4) is 17.6 Å². The molecule has 0 aromatic heterocycles. The summed E-state index contributed by atoms with van der Waals surface area (Å²) >= 11 is 0. The third kappa shape index (κ3) is 11.5. The monoisotopic (exact) mass is 630 g/mol. The molecule has 246 valence electrons. The number of nitriles is 1. The summed E-state index contributed by atoms with van der Waals surface area (Å²) in [7, 11) is 3.30. The van der Waals surface area contributed by atoms with Crippen LogP contribution in [0, 0.1) is 23.1 Å². The SMILES string of the molecule is CCCCCCCCCCC(C#N)(CCCCCN1CCC(C(O)c2ccc(F)cc2)CC1)c1ccc(OC)c(OC)c1.Cl. The number of likely N-dealkylation sites (tertiary alicyclic amines) is 1. The number of aliphatic hydroxyl groups excluding tert-OH is 1. The molecule has 2 aromatic carbocycles. The van der Waals surface area contributed by atoms with Crippen molar-refractivity contribution in [3.63, 3.8) is 0 Å². The number of methoxy groups -OCH3 is 2. The lowest BCUT2D eigenvalue weighted by Gasteiger charge is -2.34. The summed E-state index contributed by atoms with van der Waals surface area (Å²) in [6, 6.07) is 15.0. The van der Waals surface area contributed by atoms with Gasteiger partial charge in [-0.3, -0.25) is 0 Å². The van der Waals surface area contributed by atoms with Gasteiger partial charge in [0, 0.05) is 0 Å². The van der Waals surface area contributed by atoms with Crippen LogP contribution in [0.4, 0.5) is 4.39 Å². The van der Waals surface area contributed by atoms with Crippen LogP contribution in [0.15, 0.2) is 42.5 Å². The number of hydrogen-bond acceptors (Lipinski definition) is 5. The van der Waals surface area contributed by atoms with Crippen molar-refractivity contribution in [2.75, 3.05) is 33.9 Å². The first-order valence-corrected chi connectivity index (χ1v) is 16.8. The molecule has 2 atom stereocenters. The molecule has 3 rings (SSSR count). The van der Waals surface area contributed by atoms with Crippen LogP contribution in [-0.2, 0) is 5.41 Å². The summed E-state index contributed by atoms with van der Waals surface area (Å²) in [6.07, 6.45) is 16.3. The average molecular weight is 631 g/mol. The summed E-state index contributed by atoms with van der Waals surface area (Å²) < 4.78 is 24.3. The minimum Gasteiger partial charge on any atom is -0.493 e. The second-order valence-corrected chi connectivity index (χ2v) is 12.5. The molecule has 5 nitrogen and oxygen atoms in total. The van der Waals surface area contributed by atoms with E-state index in [2.05, 4.69) is 24.0 Å². The predicted molar refractivity (Wildman–Crippen MR) is 180 cm³/mol. The summed E-state index contributed by atoms with van der Waals surface area (Å²) in [5.41, 5.74) is 1.33. The van der Waals surface area contributed by atoms with Gasteiger partial charge in [0.15, 0.2) is 11.5 Å². The Bertz CT molecular complexity index is 1100. The molecule has 2 aromatic rings. The van der Waals surface area contributed by atoms with Gasteiger partial charge in [-0.2, -0.15) is 5.26 Å². The topological polar surface area (TPSA) is 65.7 Å². The van der Waals surface area contributed by atoms with Crippen LogP contribution in [0.25, 0.3) is 0 Å². The van der Waals surface area contributed by atoms with Crippen molar-refractivity contribution >= 4 is 12.4 Å². The van der Waals surface area contributed by atoms with E-state index < -0.39 is 11.5 Å². The lowest BCUT2D eigenvalue weighted by molar-refractivity contribution is 0.0583. The van der Waals surface area contributed by atoms with Gasteiger partial charge in [-0.05, 0) is 93.0 Å². The fraction of sp³-hybridized carbons (Fsp3) is 0.649. The Labute approximate surface area is 272 Å². The van der Waals surface area contributed by atoms with Gasteiger partial charge in [0.1, 0.15) is 5.82 Å². The number of aliphatic hydroxyl groups is 1. The minimum atomic E-state index is -0.528. The Balaban J connectivity index is 0.00000675. The first-order valence-electron chi connectivity index (χ1n) is 16.8. The van der Waals surface area contributed by atoms with Crippen LogP contribution in [-0.4, -0.2) is 43.9 Å². The fourth-order valence-electron chi connectivity index (χ4n) is 6.65. The van der Waals surface area contributed by atoms with Crippen molar-refractivity contribution in [2.45, 2.75) is 115 Å². The van der Waals surface area contributed by atoms with Crippen LogP contribution in [0.3, 0.4) is 0 Å². The molecule has 1 N–H and O–H groups in total. The highest BCUT2D eigenvalue weighted by Gasteiger charge is 2.32. The smallest absolute Gasteiger partial charge is 0.161 e. The second-order valence-electron chi connectivity index (χ2n) is 12.5. The van der Waals surface area contributed by atoms with E-state index in [9.17, 15) is 14.8 Å². The molecule has 2 unspecified atom stereocenters. The van der Waals surface area contributed by atoms with Gasteiger partial charge in [0.2, 0.25) is 0 Å². The van der Waals surface area contributed by atoms with Gasteiger partial charge < -0.3 is 19.5 Å². The molecule has 0 saturated carbocycles. The Morgan fingerprint density at radius 1 is 0.864 bits per heavy atom. The molecular formula is C37H56ClFN2O3. The molecule has 0 radical (unpaired) electrons. The first-order chi connectivity index (χ1) is 21.0. The van der Waals surface area contributed by atoms with E-state index in [0.717, 1.165) is 82.1 Å². The van der Waals surface area contributed by atoms with Crippen molar-refractivity contribution in [2.24, 2.45) is 5.92 Å². The lowest BCUT2D eigenvalue weighted by atomic mass is 9.73. The minimum absolute atomic E-state index is 0. The second kappa shape index (κ2) is 20.7. The van der Waals surface area contributed by atoms with Crippen molar-refractivity contribution in [1.82, 2.24) is 4.90 Å². The van der Waals surface area contributed by atoms with E-state index in [0.29, 0.717) is 11.5 Å². The van der Waals surface area contributed by atoms with E-state index in [-0.39, 0.29) is 24.1 Å². The third-order valence-corrected chi connectivity index (χ3v) is 9.48. The molecule has 0 amide bonds. The zero-order chi connectivity index (χ0) is 30.9. The number of unbranched alkanes of at least 4 members (excludes halogenated alkanes) is 9. The number of benzene rings is 2. The maximum Gasteiger partial charge on any atom is 0.161 e. The van der Waals surface area contributed by atoms with Crippen LogP contribution in [0.2, 0.25) is 0 Å². The molecule has 1 aliphatic heterocycles. The molecule has 1 heterocycles. The Morgan fingerprint density at radius 3 is 2.00 bits per heavy atom. The van der Waals surface area contributed by atoms with Gasteiger partial charge in [0.25, 0.3) is 0 Å². The zero-order valence-electron chi connectivity index (χ0n) is 27.4. The van der Waals surface area contributed by atoms with Gasteiger partial charge >= 0.3 is 0 Å². The Morgan fingerprint density at radius 2 is 1.43 bits per heavy atom. The van der Waals surface area contributed by atoms with E-state index in [4.69, 9.17) is 9.47 Å². The average Bonchev–Trinajstić information content (AvgIpc) is 3.05. The number of hydrogen-bond donors (Lipinski definition) is 1. The summed E-state index contributed by atoms with van der Waals surface area (Å²) in [5.74, 6) is 1.33. The lowest BCUT2D eigenvalue weighted by Crippen LogP contribution is -2.36. The molecule has 1 saturated heterocycles. The highest BCUT2D eigenvalue weighted by atomic mass is 35.5. The van der Waals surface area contributed by atoms with E-state index in [1.54, 1.807) is 26.4 Å². The molecule has 0 aliphatic carbocycles. The largest absolute Gasteiger partial charge is 0.493 e. The van der Waals surface area contributed by atoms with E-state index in [1.165, 1.54) is 57.1 Å². The third-order valence-electron chi connectivity index (χ3n) is 9.48. The number of piperidine rings is 1. The highest BCUT2D eigenvalue weighted by Crippen LogP contribution is 2.40. The number of ether oxygens (including phenoxy) is 2.